The highest BCUT2D eigenvalue weighted by molar-refractivity contribution is 5.94. The maximum Gasteiger partial charge on any atom is 0.253 e. The molecule has 0 spiro atoms. The Morgan fingerprint density at radius 1 is 1.12 bits per heavy atom. The molecule has 2 aromatic rings. The van der Waals surface area contributed by atoms with Crippen molar-refractivity contribution in [1.29, 1.82) is 0 Å². The molecular weight excluding hydrogens is 346 g/mol. The number of nitrogens with one attached hydrogen (secondary N) is 1. The predicted molar refractivity (Wildman–Crippen MR) is 110 cm³/mol. The fourth-order valence-electron chi connectivity index (χ4n) is 3.34. The van der Waals surface area contributed by atoms with E-state index < -0.39 is 0 Å². The Kier molecular flexibility index (Phi) is 7.49. The van der Waals surface area contributed by atoms with Crippen LogP contribution in [0.2, 0.25) is 0 Å². The van der Waals surface area contributed by atoms with Crippen LogP contribution < -0.4 is 10.2 Å². The number of hydrogen-bond acceptors (Lipinski definition) is 3. The van der Waals surface area contributed by atoms with E-state index in [1.807, 2.05) is 30.1 Å². The molecule has 26 heavy (non-hydrogen) atoms. The molecular formula is C21H28ClN3O. The van der Waals surface area contributed by atoms with Crippen molar-refractivity contribution in [2.75, 3.05) is 31.6 Å². The molecule has 1 N–H and O–H groups in total. The number of rotatable bonds is 6. The number of amides is 1. The van der Waals surface area contributed by atoms with Gasteiger partial charge < -0.3 is 15.1 Å². The van der Waals surface area contributed by atoms with E-state index in [-0.39, 0.29) is 18.3 Å². The van der Waals surface area contributed by atoms with Crippen molar-refractivity contribution in [2.24, 2.45) is 0 Å². The summed E-state index contributed by atoms with van der Waals surface area (Å²) in [5.74, 6) is 0.103. The van der Waals surface area contributed by atoms with Crippen LogP contribution in [-0.2, 0) is 6.54 Å². The minimum Gasteiger partial charge on any atom is -0.367 e. The number of carbonyl (C=O) groups excluding carboxylic acids is 1. The first-order valence-corrected chi connectivity index (χ1v) is 9.06. The third kappa shape index (κ3) is 4.77. The van der Waals surface area contributed by atoms with E-state index in [1.54, 1.807) is 0 Å². The van der Waals surface area contributed by atoms with E-state index in [0.717, 1.165) is 43.9 Å². The number of likely N-dealkylation sites (N-methyl/N-ethyl adjacent to an activating group) is 1. The highest BCUT2D eigenvalue weighted by Crippen LogP contribution is 2.19. The van der Waals surface area contributed by atoms with Crippen molar-refractivity contribution in [3.05, 3.63) is 65.7 Å². The standard InChI is InChI=1S/C21H27N3O.ClH/c1-3-24(16-17-7-5-4-6-8-17)19-11-9-18(10-12-19)21(25)23(2)20-13-14-22-15-20;/h4-12,20,22H,3,13-16H2,1-2H3;1H. The zero-order valence-electron chi connectivity index (χ0n) is 15.5. The van der Waals surface area contributed by atoms with Crippen LogP contribution in [0.25, 0.3) is 0 Å². The van der Waals surface area contributed by atoms with Crippen LogP contribution in [0.5, 0.6) is 0 Å². The lowest BCUT2D eigenvalue weighted by Gasteiger charge is -2.25. The fourth-order valence-corrected chi connectivity index (χ4v) is 3.34. The van der Waals surface area contributed by atoms with Gasteiger partial charge in [0.2, 0.25) is 0 Å². The van der Waals surface area contributed by atoms with E-state index >= 15 is 0 Å². The lowest BCUT2D eigenvalue weighted by molar-refractivity contribution is 0.0744. The van der Waals surface area contributed by atoms with Crippen LogP contribution in [0.15, 0.2) is 54.6 Å². The number of nitrogens with zero attached hydrogens (tertiary/aromatic N) is 2. The summed E-state index contributed by atoms with van der Waals surface area (Å²) in [6.45, 7) is 5.84. The molecule has 0 aromatic heterocycles. The van der Waals surface area contributed by atoms with Crippen molar-refractivity contribution < 1.29 is 4.79 Å². The van der Waals surface area contributed by atoms with E-state index in [0.29, 0.717) is 6.04 Å². The first-order chi connectivity index (χ1) is 12.2. The molecule has 1 fully saturated rings. The Morgan fingerprint density at radius 2 is 1.81 bits per heavy atom. The van der Waals surface area contributed by atoms with Gasteiger partial charge in [0, 0.05) is 44.0 Å². The van der Waals surface area contributed by atoms with Crippen molar-refractivity contribution >= 4 is 24.0 Å². The van der Waals surface area contributed by atoms with Gasteiger partial charge in [-0.05, 0) is 49.7 Å². The second-order valence-electron chi connectivity index (χ2n) is 6.61. The van der Waals surface area contributed by atoms with E-state index in [9.17, 15) is 4.79 Å². The summed E-state index contributed by atoms with van der Waals surface area (Å²) in [5, 5.41) is 3.31. The normalized spacial score (nSPS) is 16.0. The third-order valence-electron chi connectivity index (χ3n) is 4.98. The third-order valence-corrected chi connectivity index (χ3v) is 4.98. The number of halogens is 1. The molecule has 1 unspecified atom stereocenters. The average molecular weight is 374 g/mol. The van der Waals surface area contributed by atoms with Gasteiger partial charge in [-0.25, -0.2) is 0 Å². The SMILES string of the molecule is CCN(Cc1ccccc1)c1ccc(C(=O)N(C)C2CCNC2)cc1.Cl. The van der Waals surface area contributed by atoms with Crippen LogP contribution in [0.1, 0.15) is 29.3 Å². The van der Waals surface area contributed by atoms with Gasteiger partial charge in [0.05, 0.1) is 0 Å². The van der Waals surface area contributed by atoms with Gasteiger partial charge in [0.15, 0.2) is 0 Å². The molecule has 0 aliphatic carbocycles. The molecule has 1 aliphatic rings. The molecule has 1 heterocycles. The molecule has 1 atom stereocenters. The lowest BCUT2D eigenvalue weighted by Crippen LogP contribution is -2.38. The first-order valence-electron chi connectivity index (χ1n) is 9.06. The van der Waals surface area contributed by atoms with Gasteiger partial charge in [0.1, 0.15) is 0 Å². The highest BCUT2D eigenvalue weighted by atomic mass is 35.5. The van der Waals surface area contributed by atoms with Gasteiger partial charge in [-0.15, -0.1) is 12.4 Å². The van der Waals surface area contributed by atoms with Crippen LogP contribution in [-0.4, -0.2) is 43.5 Å². The van der Waals surface area contributed by atoms with E-state index in [2.05, 4.69) is 53.5 Å². The summed E-state index contributed by atoms with van der Waals surface area (Å²) in [4.78, 5) is 16.8. The Morgan fingerprint density at radius 3 is 2.38 bits per heavy atom. The Labute approximate surface area is 162 Å². The van der Waals surface area contributed by atoms with Crippen molar-refractivity contribution in [1.82, 2.24) is 10.2 Å². The van der Waals surface area contributed by atoms with Crippen molar-refractivity contribution in [3.8, 4) is 0 Å². The van der Waals surface area contributed by atoms with Gasteiger partial charge in [-0.2, -0.15) is 0 Å². The van der Waals surface area contributed by atoms with E-state index in [1.165, 1.54) is 5.56 Å². The second-order valence-corrected chi connectivity index (χ2v) is 6.61. The maximum absolute atomic E-state index is 12.7. The summed E-state index contributed by atoms with van der Waals surface area (Å²) in [6.07, 6.45) is 1.03. The maximum atomic E-state index is 12.7. The lowest BCUT2D eigenvalue weighted by atomic mass is 10.1. The molecule has 0 radical (unpaired) electrons. The second kappa shape index (κ2) is 9.60. The molecule has 3 rings (SSSR count). The smallest absolute Gasteiger partial charge is 0.253 e. The molecule has 1 amide bonds. The topological polar surface area (TPSA) is 35.6 Å². The Balaban J connectivity index is 0.00000243. The minimum atomic E-state index is 0. The van der Waals surface area contributed by atoms with Gasteiger partial charge in [-0.1, -0.05) is 30.3 Å². The molecule has 140 valence electrons. The summed E-state index contributed by atoms with van der Waals surface area (Å²) < 4.78 is 0. The molecule has 0 bridgehead atoms. The van der Waals surface area contributed by atoms with Gasteiger partial charge in [-0.3, -0.25) is 4.79 Å². The van der Waals surface area contributed by atoms with Crippen LogP contribution in [0.3, 0.4) is 0 Å². The molecule has 1 saturated heterocycles. The molecule has 2 aromatic carbocycles. The number of carbonyl (C=O) groups is 1. The van der Waals surface area contributed by atoms with Gasteiger partial charge >= 0.3 is 0 Å². The fraction of sp³-hybridized carbons (Fsp3) is 0.381. The molecule has 1 aliphatic heterocycles. The monoisotopic (exact) mass is 373 g/mol. The van der Waals surface area contributed by atoms with Crippen LogP contribution >= 0.6 is 12.4 Å². The number of hydrogen-bond donors (Lipinski definition) is 1. The summed E-state index contributed by atoms with van der Waals surface area (Å²) in [7, 11) is 1.90. The van der Waals surface area contributed by atoms with Crippen LogP contribution in [0.4, 0.5) is 5.69 Å². The Hall–Kier alpha value is -2.04. The van der Waals surface area contributed by atoms with Crippen molar-refractivity contribution in [2.45, 2.75) is 25.9 Å². The number of benzene rings is 2. The molecule has 4 nitrogen and oxygen atoms in total. The van der Waals surface area contributed by atoms with Gasteiger partial charge in [0.25, 0.3) is 5.91 Å². The summed E-state index contributed by atoms with van der Waals surface area (Å²) >= 11 is 0. The van der Waals surface area contributed by atoms with Crippen LogP contribution in [0, 0.1) is 0 Å². The van der Waals surface area contributed by atoms with E-state index in [4.69, 9.17) is 0 Å². The summed E-state index contributed by atoms with van der Waals surface area (Å²) in [6, 6.07) is 18.8. The zero-order chi connectivity index (χ0) is 17.6. The van der Waals surface area contributed by atoms with Crippen molar-refractivity contribution in [3.63, 3.8) is 0 Å². The highest BCUT2D eigenvalue weighted by Gasteiger charge is 2.24. The quantitative estimate of drug-likeness (QED) is 0.840. The summed E-state index contributed by atoms with van der Waals surface area (Å²) in [5.41, 5.74) is 3.19. The number of anilines is 1. The predicted octanol–water partition coefficient (Wildman–Crippen LogP) is 3.57. The first kappa shape index (κ1) is 20.3. The largest absolute Gasteiger partial charge is 0.367 e. The molecule has 5 heteroatoms. The Bertz CT molecular complexity index is 684. The zero-order valence-corrected chi connectivity index (χ0v) is 16.3. The average Bonchev–Trinajstić information content (AvgIpc) is 3.21. The molecule has 0 saturated carbocycles. The minimum absolute atomic E-state index is 0.